The van der Waals surface area contributed by atoms with Crippen molar-refractivity contribution in [1.29, 1.82) is 0 Å². The third kappa shape index (κ3) is 2.70. The van der Waals surface area contributed by atoms with E-state index in [0.29, 0.717) is 34.3 Å². The van der Waals surface area contributed by atoms with Gasteiger partial charge in [0.25, 0.3) is 0 Å². The number of nitrogen functional groups attached to an aromatic ring is 1. The molecule has 0 spiro atoms. The number of hydrogen-bond acceptors (Lipinski definition) is 6. The lowest BCUT2D eigenvalue weighted by molar-refractivity contribution is 0.449. The molecule has 1 saturated heterocycles. The lowest BCUT2D eigenvalue weighted by Crippen LogP contribution is -2.35. The number of halogens is 1. The molecule has 0 radical (unpaired) electrons. The summed E-state index contributed by atoms with van der Waals surface area (Å²) >= 11 is 6.14. The summed E-state index contributed by atoms with van der Waals surface area (Å²) in [6.45, 7) is 4.05. The Kier molecular flexibility index (Phi) is 3.62. The molecule has 0 aromatic carbocycles. The Morgan fingerprint density at radius 1 is 1.21 bits per heavy atom. The summed E-state index contributed by atoms with van der Waals surface area (Å²) in [5, 5.41) is 0.401. The quantitative estimate of drug-likeness (QED) is 0.812. The van der Waals surface area contributed by atoms with Gasteiger partial charge in [-0.2, -0.15) is 4.98 Å². The maximum absolute atomic E-state index is 6.29. The van der Waals surface area contributed by atoms with Gasteiger partial charge in [0.1, 0.15) is 11.0 Å². The Morgan fingerprint density at radius 2 is 1.92 bits per heavy atom. The van der Waals surface area contributed by atoms with Crippen LogP contribution in [-0.4, -0.2) is 33.6 Å². The third-order valence-electron chi connectivity index (χ3n) is 5.17. The van der Waals surface area contributed by atoms with Crippen LogP contribution in [0.5, 0.6) is 0 Å². The summed E-state index contributed by atoms with van der Waals surface area (Å²) in [5.41, 5.74) is 13.9. The monoisotopic (exact) mass is 344 g/mol. The highest BCUT2D eigenvalue weighted by molar-refractivity contribution is 6.32. The van der Waals surface area contributed by atoms with Crippen molar-refractivity contribution in [2.45, 2.75) is 25.3 Å². The Morgan fingerprint density at radius 3 is 2.54 bits per heavy atom. The second-order valence-corrected chi connectivity index (χ2v) is 7.66. The Hall–Kier alpha value is -1.92. The molecule has 4 rings (SSSR count). The molecule has 7 heteroatoms. The van der Waals surface area contributed by atoms with Gasteiger partial charge in [-0.1, -0.05) is 11.6 Å². The number of nitrogens with zero attached hydrogens (tertiary/aromatic N) is 4. The molecule has 0 bridgehead atoms. The lowest BCUT2D eigenvalue weighted by atomic mass is 10.00. The van der Waals surface area contributed by atoms with Gasteiger partial charge in [0.2, 0.25) is 5.95 Å². The van der Waals surface area contributed by atoms with E-state index in [-0.39, 0.29) is 5.54 Å². The summed E-state index contributed by atoms with van der Waals surface area (Å²) in [5.74, 6) is 2.36. The highest BCUT2D eigenvalue weighted by Crippen LogP contribution is 2.43. The van der Waals surface area contributed by atoms with Gasteiger partial charge in [-0.15, -0.1) is 0 Å². The van der Waals surface area contributed by atoms with Crippen LogP contribution in [0.15, 0.2) is 24.5 Å². The Bertz CT molecular complexity index is 761. The van der Waals surface area contributed by atoms with Crippen molar-refractivity contribution in [3.8, 4) is 11.1 Å². The molecule has 2 unspecified atom stereocenters. The molecular weight excluding hydrogens is 324 g/mol. The fourth-order valence-electron chi connectivity index (χ4n) is 4.18. The molecule has 24 heavy (non-hydrogen) atoms. The SMILES string of the molecule is CC1(N)CC2CN(c3ncc(-c4cccnc4Cl)c(N)n3)CC2C1. The molecule has 0 amide bonds. The fraction of sp³-hybridized carbons (Fsp3) is 0.471. The van der Waals surface area contributed by atoms with Crippen LogP contribution < -0.4 is 16.4 Å². The van der Waals surface area contributed by atoms with Crippen LogP contribution in [0, 0.1) is 11.8 Å². The summed E-state index contributed by atoms with van der Waals surface area (Å²) in [6.07, 6.45) is 5.51. The molecule has 126 valence electrons. The second-order valence-electron chi connectivity index (χ2n) is 7.30. The first kappa shape index (κ1) is 15.6. The van der Waals surface area contributed by atoms with Gasteiger partial charge in [-0.25, -0.2) is 9.97 Å². The van der Waals surface area contributed by atoms with Gasteiger partial charge in [0.15, 0.2) is 0 Å². The maximum Gasteiger partial charge on any atom is 0.227 e. The van der Waals surface area contributed by atoms with Crippen molar-refractivity contribution < 1.29 is 0 Å². The van der Waals surface area contributed by atoms with E-state index < -0.39 is 0 Å². The van der Waals surface area contributed by atoms with Gasteiger partial charge in [0, 0.05) is 42.1 Å². The zero-order chi connectivity index (χ0) is 16.9. The molecular formula is C17H21ClN6. The van der Waals surface area contributed by atoms with Gasteiger partial charge < -0.3 is 16.4 Å². The second kappa shape index (κ2) is 5.57. The van der Waals surface area contributed by atoms with Gasteiger partial charge in [-0.05, 0) is 43.7 Å². The average Bonchev–Trinajstić information content (AvgIpc) is 3.01. The number of fused-ring (bicyclic) bond motifs is 1. The average molecular weight is 345 g/mol. The van der Waals surface area contributed by atoms with Crippen LogP contribution in [0.1, 0.15) is 19.8 Å². The third-order valence-corrected chi connectivity index (χ3v) is 5.47. The van der Waals surface area contributed by atoms with Crippen molar-refractivity contribution in [1.82, 2.24) is 15.0 Å². The fourth-order valence-corrected chi connectivity index (χ4v) is 4.40. The maximum atomic E-state index is 6.29. The topological polar surface area (TPSA) is 94.0 Å². The molecule has 6 nitrogen and oxygen atoms in total. The summed E-state index contributed by atoms with van der Waals surface area (Å²) in [6, 6.07) is 3.69. The first-order valence-electron chi connectivity index (χ1n) is 8.20. The molecule has 2 aliphatic rings. The van der Waals surface area contributed by atoms with Crippen LogP contribution in [0.2, 0.25) is 5.15 Å². The molecule has 2 fully saturated rings. The standard InChI is InChI=1S/C17H21ClN6/c1-17(20)5-10-8-24(9-11(10)6-17)16-22-7-13(15(19)23-16)12-3-2-4-21-14(12)18/h2-4,7,10-11H,5-6,8-9,20H2,1H3,(H2,19,22,23). The highest BCUT2D eigenvalue weighted by Gasteiger charge is 2.45. The molecule has 1 saturated carbocycles. The molecule has 3 heterocycles. The lowest BCUT2D eigenvalue weighted by Gasteiger charge is -2.23. The predicted molar refractivity (Wildman–Crippen MR) is 95.7 cm³/mol. The number of pyridine rings is 1. The van der Waals surface area contributed by atoms with Crippen LogP contribution in [0.3, 0.4) is 0 Å². The first-order valence-corrected chi connectivity index (χ1v) is 8.58. The highest BCUT2D eigenvalue weighted by atomic mass is 35.5. The molecule has 2 aromatic rings. The van der Waals surface area contributed by atoms with Gasteiger partial charge >= 0.3 is 0 Å². The number of anilines is 2. The van der Waals surface area contributed by atoms with Crippen LogP contribution in [-0.2, 0) is 0 Å². The largest absolute Gasteiger partial charge is 0.383 e. The van der Waals surface area contributed by atoms with Crippen LogP contribution >= 0.6 is 11.6 Å². The predicted octanol–water partition coefficient (Wildman–Crippen LogP) is 2.34. The van der Waals surface area contributed by atoms with Gasteiger partial charge in [0.05, 0.1) is 0 Å². The van der Waals surface area contributed by atoms with E-state index in [2.05, 4.69) is 26.8 Å². The first-order chi connectivity index (χ1) is 11.4. The van der Waals surface area contributed by atoms with E-state index in [1.54, 1.807) is 12.4 Å². The Labute approximate surface area is 146 Å². The molecule has 1 aliphatic carbocycles. The summed E-state index contributed by atoms with van der Waals surface area (Å²) in [7, 11) is 0. The van der Waals surface area contributed by atoms with E-state index >= 15 is 0 Å². The number of rotatable bonds is 2. The van der Waals surface area contributed by atoms with E-state index in [1.165, 1.54) is 0 Å². The number of nitrogens with two attached hydrogens (primary N) is 2. The summed E-state index contributed by atoms with van der Waals surface area (Å²) < 4.78 is 0. The molecule has 1 aliphatic heterocycles. The zero-order valence-electron chi connectivity index (χ0n) is 13.6. The minimum atomic E-state index is -0.0256. The zero-order valence-corrected chi connectivity index (χ0v) is 14.4. The van der Waals surface area contributed by atoms with E-state index in [9.17, 15) is 0 Å². The van der Waals surface area contributed by atoms with Crippen molar-refractivity contribution in [3.63, 3.8) is 0 Å². The molecule has 2 aromatic heterocycles. The van der Waals surface area contributed by atoms with Crippen LogP contribution in [0.4, 0.5) is 11.8 Å². The van der Waals surface area contributed by atoms with Crippen molar-refractivity contribution >= 4 is 23.4 Å². The summed E-state index contributed by atoms with van der Waals surface area (Å²) in [4.78, 5) is 15.3. The van der Waals surface area contributed by atoms with E-state index in [0.717, 1.165) is 31.5 Å². The van der Waals surface area contributed by atoms with Crippen molar-refractivity contribution in [3.05, 3.63) is 29.7 Å². The van der Waals surface area contributed by atoms with Crippen LogP contribution in [0.25, 0.3) is 11.1 Å². The van der Waals surface area contributed by atoms with Crippen molar-refractivity contribution in [2.75, 3.05) is 23.7 Å². The van der Waals surface area contributed by atoms with Crippen molar-refractivity contribution in [2.24, 2.45) is 17.6 Å². The number of aromatic nitrogens is 3. The Balaban J connectivity index is 1.57. The smallest absolute Gasteiger partial charge is 0.227 e. The van der Waals surface area contributed by atoms with E-state index in [1.807, 2.05) is 12.1 Å². The minimum absolute atomic E-state index is 0.0256. The molecule has 4 N–H and O–H groups in total. The minimum Gasteiger partial charge on any atom is -0.383 e. The number of hydrogen-bond donors (Lipinski definition) is 2. The molecule has 2 atom stereocenters. The van der Waals surface area contributed by atoms with Gasteiger partial charge in [-0.3, -0.25) is 0 Å². The van der Waals surface area contributed by atoms with E-state index in [4.69, 9.17) is 23.1 Å². The normalized spacial score (nSPS) is 29.0.